The zero-order chi connectivity index (χ0) is 13.5. The number of nitrogens with zero attached hydrogens (tertiary/aromatic N) is 2. The lowest BCUT2D eigenvalue weighted by atomic mass is 9.97. The summed E-state index contributed by atoms with van der Waals surface area (Å²) in [5, 5.41) is 3.83. The van der Waals surface area contributed by atoms with E-state index in [0.29, 0.717) is 0 Å². The van der Waals surface area contributed by atoms with Gasteiger partial charge in [-0.05, 0) is 38.3 Å². The molecule has 1 saturated heterocycles. The molecule has 1 aliphatic carbocycles. The monoisotopic (exact) mass is 267 g/mol. The Kier molecular flexibility index (Phi) is 6.62. The van der Waals surface area contributed by atoms with Crippen molar-refractivity contribution in [3.8, 4) is 0 Å². The van der Waals surface area contributed by atoms with Crippen LogP contribution in [-0.2, 0) is 0 Å². The smallest absolute Gasteiger partial charge is 0.0223 e. The third kappa shape index (κ3) is 4.73. The summed E-state index contributed by atoms with van der Waals surface area (Å²) in [6, 6.07) is 0.746. The van der Waals surface area contributed by atoms with E-state index < -0.39 is 0 Å². The van der Waals surface area contributed by atoms with E-state index in [2.05, 4.69) is 29.0 Å². The summed E-state index contributed by atoms with van der Waals surface area (Å²) in [5.74, 6) is 0.941. The minimum atomic E-state index is 0.746. The second-order valence-electron chi connectivity index (χ2n) is 6.34. The van der Waals surface area contributed by atoms with E-state index in [-0.39, 0.29) is 0 Å². The minimum Gasteiger partial charge on any atom is -0.312 e. The number of likely N-dealkylation sites (N-methyl/N-ethyl adjacent to an activating group) is 1. The van der Waals surface area contributed by atoms with Gasteiger partial charge in [-0.1, -0.05) is 26.7 Å². The Morgan fingerprint density at radius 2 is 1.63 bits per heavy atom. The zero-order valence-corrected chi connectivity index (χ0v) is 13.0. The second kappa shape index (κ2) is 8.23. The SMILES string of the molecule is CCCNC(CN1CCN(CC)CC1)C1CCCC1. The first-order valence-electron chi connectivity index (χ1n) is 8.51. The van der Waals surface area contributed by atoms with E-state index in [9.17, 15) is 0 Å². The third-order valence-corrected chi connectivity index (χ3v) is 4.99. The predicted octanol–water partition coefficient (Wildman–Crippen LogP) is 2.18. The molecule has 0 aromatic carbocycles. The Labute approximate surface area is 119 Å². The first-order chi connectivity index (χ1) is 9.33. The van der Waals surface area contributed by atoms with Gasteiger partial charge in [0.2, 0.25) is 0 Å². The van der Waals surface area contributed by atoms with Gasteiger partial charge in [-0.15, -0.1) is 0 Å². The summed E-state index contributed by atoms with van der Waals surface area (Å²) in [6.07, 6.45) is 7.08. The van der Waals surface area contributed by atoms with Crippen LogP contribution in [0.2, 0.25) is 0 Å². The normalized spacial score (nSPS) is 24.9. The number of nitrogens with one attached hydrogen (secondary N) is 1. The van der Waals surface area contributed by atoms with E-state index in [1.807, 2.05) is 0 Å². The Balaban J connectivity index is 1.78. The van der Waals surface area contributed by atoms with Crippen molar-refractivity contribution in [3.63, 3.8) is 0 Å². The van der Waals surface area contributed by atoms with Gasteiger partial charge in [-0.2, -0.15) is 0 Å². The van der Waals surface area contributed by atoms with Crippen molar-refractivity contribution in [3.05, 3.63) is 0 Å². The molecule has 2 fully saturated rings. The highest BCUT2D eigenvalue weighted by atomic mass is 15.3. The average Bonchev–Trinajstić information content (AvgIpc) is 2.98. The number of hydrogen-bond acceptors (Lipinski definition) is 3. The zero-order valence-electron chi connectivity index (χ0n) is 13.0. The molecular formula is C16H33N3. The van der Waals surface area contributed by atoms with Gasteiger partial charge in [0.25, 0.3) is 0 Å². The summed E-state index contributed by atoms with van der Waals surface area (Å²) >= 11 is 0. The maximum atomic E-state index is 3.83. The maximum Gasteiger partial charge on any atom is 0.0223 e. The molecule has 3 nitrogen and oxygen atoms in total. The number of hydrogen-bond donors (Lipinski definition) is 1. The molecule has 1 atom stereocenters. The lowest BCUT2D eigenvalue weighted by molar-refractivity contribution is 0.117. The van der Waals surface area contributed by atoms with Crippen LogP contribution in [0.4, 0.5) is 0 Å². The fourth-order valence-electron chi connectivity index (χ4n) is 3.64. The van der Waals surface area contributed by atoms with Gasteiger partial charge >= 0.3 is 0 Å². The summed E-state index contributed by atoms with van der Waals surface area (Å²) < 4.78 is 0. The van der Waals surface area contributed by atoms with Crippen molar-refractivity contribution in [1.82, 2.24) is 15.1 Å². The predicted molar refractivity (Wildman–Crippen MR) is 82.6 cm³/mol. The summed E-state index contributed by atoms with van der Waals surface area (Å²) in [7, 11) is 0. The van der Waals surface area contributed by atoms with Gasteiger partial charge in [0.05, 0.1) is 0 Å². The van der Waals surface area contributed by atoms with Crippen LogP contribution < -0.4 is 5.32 Å². The molecule has 3 heteroatoms. The van der Waals surface area contributed by atoms with Crippen molar-refractivity contribution in [2.75, 3.05) is 45.8 Å². The summed E-state index contributed by atoms with van der Waals surface area (Å²) in [5.41, 5.74) is 0. The van der Waals surface area contributed by atoms with Crippen LogP contribution in [0.3, 0.4) is 0 Å². The molecule has 0 aromatic heterocycles. The van der Waals surface area contributed by atoms with Gasteiger partial charge in [0.1, 0.15) is 0 Å². The van der Waals surface area contributed by atoms with Crippen molar-refractivity contribution < 1.29 is 0 Å². The van der Waals surface area contributed by atoms with Crippen LogP contribution in [0.25, 0.3) is 0 Å². The van der Waals surface area contributed by atoms with Gasteiger partial charge in [-0.3, -0.25) is 4.90 Å². The van der Waals surface area contributed by atoms with Crippen LogP contribution in [0.5, 0.6) is 0 Å². The Morgan fingerprint density at radius 1 is 1.00 bits per heavy atom. The Bertz CT molecular complexity index is 230. The van der Waals surface area contributed by atoms with E-state index in [1.165, 1.54) is 77.9 Å². The molecule has 112 valence electrons. The standard InChI is InChI=1S/C16H33N3/c1-3-9-17-16(15-7-5-6-8-15)14-19-12-10-18(4-2)11-13-19/h15-17H,3-14H2,1-2H3. The maximum absolute atomic E-state index is 3.83. The van der Waals surface area contributed by atoms with Gasteiger partial charge < -0.3 is 10.2 Å². The second-order valence-corrected chi connectivity index (χ2v) is 6.34. The summed E-state index contributed by atoms with van der Waals surface area (Å²) in [6.45, 7) is 13.3. The first kappa shape index (κ1) is 15.3. The van der Waals surface area contributed by atoms with Gasteiger partial charge in [-0.25, -0.2) is 0 Å². The molecule has 0 spiro atoms. The molecule has 1 heterocycles. The fourth-order valence-corrected chi connectivity index (χ4v) is 3.64. The molecule has 0 aromatic rings. The highest BCUT2D eigenvalue weighted by Crippen LogP contribution is 2.28. The van der Waals surface area contributed by atoms with Crippen LogP contribution in [0.15, 0.2) is 0 Å². The molecule has 1 saturated carbocycles. The van der Waals surface area contributed by atoms with E-state index in [0.717, 1.165) is 12.0 Å². The fraction of sp³-hybridized carbons (Fsp3) is 1.00. The van der Waals surface area contributed by atoms with Crippen LogP contribution in [-0.4, -0.2) is 61.7 Å². The van der Waals surface area contributed by atoms with Crippen molar-refractivity contribution in [2.45, 2.75) is 52.0 Å². The molecular weight excluding hydrogens is 234 g/mol. The molecule has 2 rings (SSSR count). The number of piperazine rings is 1. The van der Waals surface area contributed by atoms with E-state index in [4.69, 9.17) is 0 Å². The quantitative estimate of drug-likeness (QED) is 0.763. The van der Waals surface area contributed by atoms with Gasteiger partial charge in [0.15, 0.2) is 0 Å². The van der Waals surface area contributed by atoms with Crippen molar-refractivity contribution in [1.29, 1.82) is 0 Å². The Hall–Kier alpha value is -0.120. The van der Waals surface area contributed by atoms with Crippen LogP contribution >= 0.6 is 0 Å². The molecule has 0 radical (unpaired) electrons. The largest absolute Gasteiger partial charge is 0.312 e. The molecule has 19 heavy (non-hydrogen) atoms. The first-order valence-corrected chi connectivity index (χ1v) is 8.51. The van der Waals surface area contributed by atoms with E-state index >= 15 is 0 Å². The lowest BCUT2D eigenvalue weighted by Gasteiger charge is -2.37. The number of rotatable bonds is 7. The minimum absolute atomic E-state index is 0.746. The molecule has 1 N–H and O–H groups in total. The third-order valence-electron chi connectivity index (χ3n) is 4.99. The topological polar surface area (TPSA) is 18.5 Å². The molecule has 0 amide bonds. The molecule has 2 aliphatic rings. The van der Waals surface area contributed by atoms with E-state index in [1.54, 1.807) is 0 Å². The molecule has 1 aliphatic heterocycles. The molecule has 1 unspecified atom stereocenters. The Morgan fingerprint density at radius 3 is 2.21 bits per heavy atom. The van der Waals surface area contributed by atoms with Crippen molar-refractivity contribution in [2.24, 2.45) is 5.92 Å². The van der Waals surface area contributed by atoms with Crippen molar-refractivity contribution >= 4 is 0 Å². The lowest BCUT2D eigenvalue weighted by Crippen LogP contribution is -2.52. The molecule has 0 bridgehead atoms. The highest BCUT2D eigenvalue weighted by Gasteiger charge is 2.27. The average molecular weight is 267 g/mol. The van der Waals surface area contributed by atoms with Crippen LogP contribution in [0, 0.1) is 5.92 Å². The summed E-state index contributed by atoms with van der Waals surface area (Å²) in [4.78, 5) is 5.26. The van der Waals surface area contributed by atoms with Gasteiger partial charge in [0, 0.05) is 38.8 Å². The van der Waals surface area contributed by atoms with Crippen LogP contribution in [0.1, 0.15) is 46.0 Å². The highest BCUT2D eigenvalue weighted by molar-refractivity contribution is 4.84.